The predicted molar refractivity (Wildman–Crippen MR) is 76.8 cm³/mol. The zero-order chi connectivity index (χ0) is 14.3. The lowest BCUT2D eigenvalue weighted by atomic mass is 10.3. The van der Waals surface area contributed by atoms with Crippen molar-refractivity contribution in [3.05, 3.63) is 30.3 Å². The van der Waals surface area contributed by atoms with Crippen LogP contribution in [0.25, 0.3) is 0 Å². The molecule has 2 N–H and O–H groups in total. The maximum Gasteiger partial charge on any atom is 0.242 e. The van der Waals surface area contributed by atoms with Crippen molar-refractivity contribution >= 4 is 21.4 Å². The summed E-state index contributed by atoms with van der Waals surface area (Å²) in [5.74, 6) is -0.900. The molecule has 0 aliphatic heterocycles. The van der Waals surface area contributed by atoms with Crippen molar-refractivity contribution < 1.29 is 13.2 Å². The van der Waals surface area contributed by atoms with Gasteiger partial charge >= 0.3 is 0 Å². The highest BCUT2D eigenvalue weighted by Crippen LogP contribution is 2.13. The zero-order valence-electron chi connectivity index (χ0n) is 11.1. The molecule has 0 aliphatic rings. The summed E-state index contributed by atoms with van der Waals surface area (Å²) in [5, 5.41) is 0. The molecule has 0 unspecified atom stereocenters. The Bertz CT molecular complexity index is 500. The third-order valence-corrected chi connectivity index (χ3v) is 4.29. The standard InChI is InChI=1S/C13H20N2O3S/c1-2-15(12-7-4-3-5-8-12)13(16)11-19(17,18)10-6-9-14/h3-5,7-8H,2,6,9-11,14H2,1H3. The van der Waals surface area contributed by atoms with Gasteiger partial charge in [-0.05, 0) is 32.0 Å². The maximum absolute atomic E-state index is 12.1. The molecule has 5 nitrogen and oxygen atoms in total. The zero-order valence-corrected chi connectivity index (χ0v) is 11.9. The molecule has 6 heteroatoms. The van der Waals surface area contributed by atoms with Crippen molar-refractivity contribution in [1.82, 2.24) is 0 Å². The number of para-hydroxylation sites is 1. The van der Waals surface area contributed by atoms with Crippen LogP contribution in [0, 0.1) is 0 Å². The first kappa shape index (κ1) is 15.7. The highest BCUT2D eigenvalue weighted by molar-refractivity contribution is 7.92. The van der Waals surface area contributed by atoms with Crippen LogP contribution in [-0.2, 0) is 14.6 Å². The summed E-state index contributed by atoms with van der Waals surface area (Å²) >= 11 is 0. The van der Waals surface area contributed by atoms with Gasteiger partial charge in [0.2, 0.25) is 5.91 Å². The molecular formula is C13H20N2O3S. The van der Waals surface area contributed by atoms with E-state index in [2.05, 4.69) is 0 Å². The van der Waals surface area contributed by atoms with Crippen molar-refractivity contribution in [3.63, 3.8) is 0 Å². The van der Waals surface area contributed by atoms with Crippen molar-refractivity contribution in [1.29, 1.82) is 0 Å². The van der Waals surface area contributed by atoms with E-state index in [1.807, 2.05) is 25.1 Å². The lowest BCUT2D eigenvalue weighted by Gasteiger charge is -2.20. The van der Waals surface area contributed by atoms with Gasteiger partial charge in [0, 0.05) is 12.2 Å². The van der Waals surface area contributed by atoms with Gasteiger partial charge < -0.3 is 10.6 Å². The molecule has 0 atom stereocenters. The fraction of sp³-hybridized carbons (Fsp3) is 0.462. The van der Waals surface area contributed by atoms with Gasteiger partial charge in [0.15, 0.2) is 9.84 Å². The Hall–Kier alpha value is -1.40. The average molecular weight is 284 g/mol. The van der Waals surface area contributed by atoms with E-state index in [-0.39, 0.29) is 5.75 Å². The number of carbonyl (C=O) groups is 1. The Morgan fingerprint density at radius 2 is 1.89 bits per heavy atom. The number of benzene rings is 1. The number of amides is 1. The number of hydrogen-bond acceptors (Lipinski definition) is 4. The molecule has 0 saturated carbocycles. The molecule has 0 heterocycles. The minimum Gasteiger partial charge on any atom is -0.330 e. The van der Waals surface area contributed by atoms with E-state index in [4.69, 9.17) is 5.73 Å². The van der Waals surface area contributed by atoms with Gasteiger partial charge in [-0.25, -0.2) is 8.42 Å². The van der Waals surface area contributed by atoms with Crippen molar-refractivity contribution in [2.75, 3.05) is 29.5 Å². The minimum absolute atomic E-state index is 0.0401. The summed E-state index contributed by atoms with van der Waals surface area (Å²) < 4.78 is 23.5. The highest BCUT2D eigenvalue weighted by Gasteiger charge is 2.21. The van der Waals surface area contributed by atoms with E-state index in [1.165, 1.54) is 4.90 Å². The van der Waals surface area contributed by atoms with Gasteiger partial charge in [0.25, 0.3) is 0 Å². The average Bonchev–Trinajstić information content (AvgIpc) is 2.38. The number of nitrogens with zero attached hydrogens (tertiary/aromatic N) is 1. The summed E-state index contributed by atoms with van der Waals surface area (Å²) in [7, 11) is -3.38. The number of hydrogen-bond donors (Lipinski definition) is 1. The van der Waals surface area contributed by atoms with Gasteiger partial charge in [-0.2, -0.15) is 0 Å². The first-order valence-electron chi connectivity index (χ1n) is 6.26. The monoisotopic (exact) mass is 284 g/mol. The minimum atomic E-state index is -3.38. The second kappa shape index (κ2) is 7.25. The molecule has 106 valence electrons. The lowest BCUT2D eigenvalue weighted by Crippen LogP contribution is -2.36. The van der Waals surface area contributed by atoms with E-state index >= 15 is 0 Å². The largest absolute Gasteiger partial charge is 0.330 e. The van der Waals surface area contributed by atoms with E-state index in [0.717, 1.165) is 0 Å². The summed E-state index contributed by atoms with van der Waals surface area (Å²) in [6.07, 6.45) is 0.382. The van der Waals surface area contributed by atoms with Crippen molar-refractivity contribution in [2.45, 2.75) is 13.3 Å². The molecule has 0 radical (unpaired) electrons. The second-order valence-corrected chi connectivity index (χ2v) is 6.39. The second-order valence-electron chi connectivity index (χ2n) is 4.21. The number of nitrogens with two attached hydrogens (primary N) is 1. The molecule has 0 aromatic heterocycles. The third-order valence-electron chi connectivity index (χ3n) is 2.69. The van der Waals surface area contributed by atoms with Crippen LogP contribution >= 0.6 is 0 Å². The Morgan fingerprint density at radius 3 is 2.42 bits per heavy atom. The van der Waals surface area contributed by atoms with Crippen LogP contribution < -0.4 is 10.6 Å². The van der Waals surface area contributed by atoms with Crippen LogP contribution in [0.3, 0.4) is 0 Å². The molecule has 0 saturated heterocycles. The summed E-state index contributed by atoms with van der Waals surface area (Å²) in [6, 6.07) is 9.05. The SMILES string of the molecule is CCN(C(=O)CS(=O)(=O)CCCN)c1ccccc1. The van der Waals surface area contributed by atoms with Crippen molar-refractivity contribution in [3.8, 4) is 0 Å². The van der Waals surface area contributed by atoms with E-state index in [9.17, 15) is 13.2 Å². The first-order chi connectivity index (χ1) is 9.00. The van der Waals surface area contributed by atoms with Crippen LogP contribution in [-0.4, -0.2) is 38.9 Å². The molecule has 19 heavy (non-hydrogen) atoms. The van der Waals surface area contributed by atoms with Gasteiger partial charge in [0.1, 0.15) is 5.75 Å². The predicted octanol–water partition coefficient (Wildman–Crippen LogP) is 0.803. The molecule has 0 aliphatic carbocycles. The Kier molecular flexibility index (Phi) is 5.98. The highest BCUT2D eigenvalue weighted by atomic mass is 32.2. The Balaban J connectivity index is 2.76. The fourth-order valence-electron chi connectivity index (χ4n) is 1.75. The Labute approximate surface area is 114 Å². The molecule has 1 aromatic rings. The van der Waals surface area contributed by atoms with E-state index < -0.39 is 21.5 Å². The molecule has 0 fully saturated rings. The van der Waals surface area contributed by atoms with Crippen LogP contribution in [0.4, 0.5) is 5.69 Å². The van der Waals surface area contributed by atoms with Gasteiger partial charge in [-0.1, -0.05) is 18.2 Å². The van der Waals surface area contributed by atoms with Crippen LogP contribution in [0.15, 0.2) is 30.3 Å². The van der Waals surface area contributed by atoms with E-state index in [1.54, 1.807) is 12.1 Å². The maximum atomic E-state index is 12.1. The van der Waals surface area contributed by atoms with Crippen LogP contribution in [0.1, 0.15) is 13.3 Å². The molecule has 1 aromatic carbocycles. The number of carbonyl (C=O) groups excluding carboxylic acids is 1. The molecule has 0 bridgehead atoms. The molecule has 1 amide bonds. The quantitative estimate of drug-likeness (QED) is 0.803. The fourth-order valence-corrected chi connectivity index (χ4v) is 3.04. The number of rotatable bonds is 7. The van der Waals surface area contributed by atoms with Gasteiger partial charge in [0.05, 0.1) is 5.75 Å². The smallest absolute Gasteiger partial charge is 0.242 e. The van der Waals surface area contributed by atoms with Gasteiger partial charge in [-0.3, -0.25) is 4.79 Å². The normalized spacial score (nSPS) is 11.3. The van der Waals surface area contributed by atoms with Gasteiger partial charge in [-0.15, -0.1) is 0 Å². The summed E-state index contributed by atoms with van der Waals surface area (Å²) in [6.45, 7) is 2.57. The van der Waals surface area contributed by atoms with E-state index in [0.29, 0.717) is 25.2 Å². The van der Waals surface area contributed by atoms with Crippen LogP contribution in [0.2, 0.25) is 0 Å². The van der Waals surface area contributed by atoms with Crippen LogP contribution in [0.5, 0.6) is 0 Å². The number of anilines is 1. The summed E-state index contributed by atoms with van der Waals surface area (Å²) in [4.78, 5) is 13.5. The molecule has 0 spiro atoms. The van der Waals surface area contributed by atoms with Crippen molar-refractivity contribution in [2.24, 2.45) is 5.73 Å². The lowest BCUT2D eigenvalue weighted by molar-refractivity contribution is -0.116. The topological polar surface area (TPSA) is 80.5 Å². The molecular weight excluding hydrogens is 264 g/mol. The summed E-state index contributed by atoms with van der Waals surface area (Å²) in [5.41, 5.74) is 6.00. The third kappa shape index (κ3) is 5.00. The first-order valence-corrected chi connectivity index (χ1v) is 8.08. The Morgan fingerprint density at radius 1 is 1.26 bits per heavy atom. The molecule has 1 rings (SSSR count). The number of sulfone groups is 1.